The molecule has 0 atom stereocenters. The molecule has 1 N–H and O–H groups in total. The first-order valence-corrected chi connectivity index (χ1v) is 5.92. The van der Waals surface area contributed by atoms with Crippen molar-refractivity contribution in [3.63, 3.8) is 0 Å². The van der Waals surface area contributed by atoms with Gasteiger partial charge in [-0.15, -0.1) is 12.6 Å². The molecule has 1 aromatic rings. The molecule has 94 valence electrons. The molecule has 0 amide bonds. The predicted octanol–water partition coefficient (Wildman–Crippen LogP) is 2.00. The van der Waals surface area contributed by atoms with E-state index in [1.165, 1.54) is 0 Å². The molecular formula is C13H14N2O2S. The Kier molecular flexibility index (Phi) is 5.81. The number of thiol groups is 1. The van der Waals surface area contributed by atoms with E-state index >= 15 is 0 Å². The summed E-state index contributed by atoms with van der Waals surface area (Å²) in [4.78, 5) is 11.4. The topological polar surface area (TPSA) is 62.1 Å². The molecule has 4 nitrogen and oxygen atoms in total. The van der Waals surface area contributed by atoms with Gasteiger partial charge in [-0.25, -0.2) is 4.79 Å². The molecule has 0 aromatic heterocycles. The Bertz CT molecular complexity index is 478. The molecule has 0 saturated carbocycles. The summed E-state index contributed by atoms with van der Waals surface area (Å²) in [5.41, 5.74) is 0.918. The van der Waals surface area contributed by atoms with Crippen LogP contribution in [0.25, 0.3) is 0 Å². The zero-order valence-electron chi connectivity index (χ0n) is 10.0. The molecule has 0 fully saturated rings. The van der Waals surface area contributed by atoms with Crippen LogP contribution in [0.1, 0.15) is 12.5 Å². The van der Waals surface area contributed by atoms with Gasteiger partial charge in [0.15, 0.2) is 5.57 Å². The molecule has 1 aromatic carbocycles. The lowest BCUT2D eigenvalue weighted by atomic mass is 10.2. The molecule has 0 spiro atoms. The SMILES string of the molecule is CCOC(=O)/C(C#N)=C(/S)NCc1ccccc1. The number of esters is 1. The summed E-state index contributed by atoms with van der Waals surface area (Å²) in [5, 5.41) is 12.0. The molecule has 0 aliphatic carbocycles. The summed E-state index contributed by atoms with van der Waals surface area (Å²) in [5.74, 6) is -0.662. The molecule has 0 saturated heterocycles. The Morgan fingerprint density at radius 1 is 1.44 bits per heavy atom. The molecule has 5 heteroatoms. The minimum absolute atomic E-state index is 0.115. The maximum Gasteiger partial charge on any atom is 0.351 e. The fourth-order valence-corrected chi connectivity index (χ4v) is 1.49. The number of benzene rings is 1. The summed E-state index contributed by atoms with van der Waals surface area (Å²) < 4.78 is 4.76. The maximum absolute atomic E-state index is 11.4. The Morgan fingerprint density at radius 2 is 2.11 bits per heavy atom. The first kappa shape index (κ1) is 14.1. The first-order chi connectivity index (χ1) is 8.69. The van der Waals surface area contributed by atoms with Crippen LogP contribution < -0.4 is 5.32 Å². The smallest absolute Gasteiger partial charge is 0.351 e. The van der Waals surface area contributed by atoms with Crippen molar-refractivity contribution < 1.29 is 9.53 Å². The Balaban J connectivity index is 2.70. The molecule has 0 radical (unpaired) electrons. The fraction of sp³-hybridized carbons (Fsp3) is 0.231. The van der Waals surface area contributed by atoms with E-state index in [2.05, 4.69) is 17.9 Å². The van der Waals surface area contributed by atoms with E-state index in [0.29, 0.717) is 6.54 Å². The number of carbonyl (C=O) groups excluding carboxylic acids is 1. The van der Waals surface area contributed by atoms with Gasteiger partial charge in [0.2, 0.25) is 0 Å². The minimum atomic E-state index is -0.662. The van der Waals surface area contributed by atoms with Gasteiger partial charge in [0.1, 0.15) is 6.07 Å². The van der Waals surface area contributed by atoms with Crippen molar-refractivity contribution >= 4 is 18.6 Å². The average Bonchev–Trinajstić information content (AvgIpc) is 2.39. The van der Waals surface area contributed by atoms with E-state index in [0.717, 1.165) is 5.56 Å². The monoisotopic (exact) mass is 262 g/mol. The summed E-state index contributed by atoms with van der Waals surface area (Å²) in [6, 6.07) is 11.4. The normalized spacial score (nSPS) is 11.2. The highest BCUT2D eigenvalue weighted by Gasteiger charge is 2.14. The van der Waals surface area contributed by atoms with Crippen LogP contribution in [0.5, 0.6) is 0 Å². The molecular weight excluding hydrogens is 248 g/mol. The van der Waals surface area contributed by atoms with Gasteiger partial charge in [-0.05, 0) is 12.5 Å². The van der Waals surface area contributed by atoms with Crippen molar-refractivity contribution in [3.05, 3.63) is 46.5 Å². The van der Waals surface area contributed by atoms with Crippen molar-refractivity contribution in [2.45, 2.75) is 13.5 Å². The van der Waals surface area contributed by atoms with E-state index in [4.69, 9.17) is 10.00 Å². The van der Waals surface area contributed by atoms with Crippen LogP contribution >= 0.6 is 12.6 Å². The highest BCUT2D eigenvalue weighted by molar-refractivity contribution is 7.84. The second kappa shape index (κ2) is 7.41. The summed E-state index contributed by atoms with van der Waals surface area (Å²) >= 11 is 4.11. The van der Waals surface area contributed by atoms with E-state index in [9.17, 15) is 4.79 Å². The van der Waals surface area contributed by atoms with Gasteiger partial charge >= 0.3 is 5.97 Å². The standard InChI is InChI=1S/C13H14N2O2S/c1-2-17-13(16)11(8-14)12(18)15-9-10-6-4-3-5-7-10/h3-7,15,18H,2,9H2,1H3/b12-11+. The van der Waals surface area contributed by atoms with Gasteiger partial charge < -0.3 is 10.1 Å². The van der Waals surface area contributed by atoms with Crippen LogP contribution in [0, 0.1) is 11.3 Å². The quantitative estimate of drug-likeness (QED) is 0.369. The maximum atomic E-state index is 11.4. The second-order valence-electron chi connectivity index (χ2n) is 3.40. The van der Waals surface area contributed by atoms with Crippen LogP contribution in [-0.4, -0.2) is 12.6 Å². The third kappa shape index (κ3) is 4.15. The van der Waals surface area contributed by atoms with Gasteiger partial charge in [-0.1, -0.05) is 30.3 Å². The minimum Gasteiger partial charge on any atom is -0.462 e. The van der Waals surface area contributed by atoms with Gasteiger partial charge in [-0.2, -0.15) is 5.26 Å². The van der Waals surface area contributed by atoms with E-state index in [1.54, 1.807) is 13.0 Å². The van der Waals surface area contributed by atoms with Gasteiger partial charge in [0.05, 0.1) is 11.6 Å². The van der Waals surface area contributed by atoms with Crippen molar-refractivity contribution in [2.24, 2.45) is 0 Å². The zero-order valence-corrected chi connectivity index (χ0v) is 10.9. The number of nitriles is 1. The molecule has 0 heterocycles. The summed E-state index contributed by atoms with van der Waals surface area (Å²) in [6.07, 6.45) is 0. The first-order valence-electron chi connectivity index (χ1n) is 5.47. The molecule has 0 bridgehead atoms. The Morgan fingerprint density at radius 3 is 2.67 bits per heavy atom. The fourth-order valence-electron chi connectivity index (χ4n) is 1.27. The number of nitrogens with one attached hydrogen (secondary N) is 1. The number of hydrogen-bond acceptors (Lipinski definition) is 5. The molecule has 1 rings (SSSR count). The number of hydrogen-bond donors (Lipinski definition) is 2. The highest BCUT2D eigenvalue weighted by atomic mass is 32.1. The Labute approximate surface area is 112 Å². The third-order valence-corrected chi connectivity index (χ3v) is 2.51. The van der Waals surface area contributed by atoms with Crippen LogP contribution in [0.15, 0.2) is 40.9 Å². The second-order valence-corrected chi connectivity index (χ2v) is 3.84. The molecule has 0 aliphatic heterocycles. The number of rotatable bonds is 5. The van der Waals surface area contributed by atoms with E-state index in [-0.39, 0.29) is 17.2 Å². The van der Waals surface area contributed by atoms with Crippen molar-refractivity contribution in [1.29, 1.82) is 5.26 Å². The van der Waals surface area contributed by atoms with Gasteiger partial charge in [0, 0.05) is 6.54 Å². The average molecular weight is 262 g/mol. The van der Waals surface area contributed by atoms with Crippen LogP contribution in [-0.2, 0) is 16.1 Å². The molecule has 0 aliphatic rings. The number of nitrogens with zero attached hydrogens (tertiary/aromatic N) is 1. The third-order valence-electron chi connectivity index (χ3n) is 2.13. The largest absolute Gasteiger partial charge is 0.462 e. The van der Waals surface area contributed by atoms with Crippen LogP contribution in [0.2, 0.25) is 0 Å². The highest BCUT2D eigenvalue weighted by Crippen LogP contribution is 2.09. The lowest BCUT2D eigenvalue weighted by Crippen LogP contribution is -2.16. The molecule has 0 unspecified atom stereocenters. The lowest BCUT2D eigenvalue weighted by Gasteiger charge is -2.08. The zero-order chi connectivity index (χ0) is 13.4. The van der Waals surface area contributed by atoms with Gasteiger partial charge in [0.25, 0.3) is 0 Å². The summed E-state index contributed by atoms with van der Waals surface area (Å²) in [6.45, 7) is 2.40. The van der Waals surface area contributed by atoms with Crippen molar-refractivity contribution in [1.82, 2.24) is 5.32 Å². The summed E-state index contributed by atoms with van der Waals surface area (Å²) in [7, 11) is 0. The van der Waals surface area contributed by atoms with Crippen molar-refractivity contribution in [2.75, 3.05) is 6.61 Å². The van der Waals surface area contributed by atoms with Crippen LogP contribution in [0.3, 0.4) is 0 Å². The van der Waals surface area contributed by atoms with E-state index < -0.39 is 5.97 Å². The number of ether oxygens (including phenoxy) is 1. The van der Waals surface area contributed by atoms with Crippen molar-refractivity contribution in [3.8, 4) is 6.07 Å². The molecule has 18 heavy (non-hydrogen) atoms. The lowest BCUT2D eigenvalue weighted by molar-refractivity contribution is -0.138. The van der Waals surface area contributed by atoms with E-state index in [1.807, 2.05) is 30.3 Å². The predicted molar refractivity (Wildman–Crippen MR) is 71.5 cm³/mol. The van der Waals surface area contributed by atoms with Crippen LogP contribution in [0.4, 0.5) is 0 Å². The van der Waals surface area contributed by atoms with Gasteiger partial charge in [-0.3, -0.25) is 0 Å². The Hall–Kier alpha value is -1.93. The number of carbonyl (C=O) groups is 1.